The van der Waals surface area contributed by atoms with Crippen LogP contribution in [0, 0.1) is 5.92 Å². The maximum Gasteiger partial charge on any atom is 0.280 e. The van der Waals surface area contributed by atoms with E-state index in [1.165, 1.54) is 30.8 Å². The molecule has 1 aromatic carbocycles. The minimum Gasteiger partial charge on any atom is -0.346 e. The number of hydrogen-bond acceptors (Lipinski definition) is 4. The molecule has 0 aliphatic carbocycles. The van der Waals surface area contributed by atoms with Gasteiger partial charge in [-0.2, -0.15) is 0 Å². The highest BCUT2D eigenvalue weighted by Crippen LogP contribution is 2.29. The fraction of sp³-hybridized carbons (Fsp3) is 0.412. The third-order valence-corrected chi connectivity index (χ3v) is 5.89. The van der Waals surface area contributed by atoms with Crippen molar-refractivity contribution in [1.29, 1.82) is 0 Å². The maximum absolute atomic E-state index is 12.5. The molecular formula is C17H18ClN3OS. The van der Waals surface area contributed by atoms with Crippen LogP contribution < -0.4 is 5.32 Å². The minimum absolute atomic E-state index is 0.0595. The van der Waals surface area contributed by atoms with Crippen molar-refractivity contribution in [3.63, 3.8) is 0 Å². The van der Waals surface area contributed by atoms with Crippen LogP contribution in [0.4, 0.5) is 0 Å². The quantitative estimate of drug-likeness (QED) is 0.926. The Morgan fingerprint density at radius 1 is 1.39 bits per heavy atom. The van der Waals surface area contributed by atoms with Gasteiger partial charge in [-0.15, -0.1) is 11.3 Å². The van der Waals surface area contributed by atoms with Crippen LogP contribution in [0.15, 0.2) is 30.5 Å². The SMILES string of the molecule is O=C(N[C@@H]1C[C@@H]2CCN(C2)C1)c1ncc(-c2cccc(Cl)c2)s1. The molecular weight excluding hydrogens is 330 g/mol. The summed E-state index contributed by atoms with van der Waals surface area (Å²) in [6, 6.07) is 7.87. The van der Waals surface area contributed by atoms with Crippen LogP contribution in [0.2, 0.25) is 5.02 Å². The van der Waals surface area contributed by atoms with Gasteiger partial charge in [0.05, 0.1) is 4.88 Å². The zero-order valence-corrected chi connectivity index (χ0v) is 14.2. The molecule has 2 bridgehead atoms. The number of hydrogen-bond donors (Lipinski definition) is 1. The highest BCUT2D eigenvalue weighted by Gasteiger charge is 2.33. The van der Waals surface area contributed by atoms with E-state index >= 15 is 0 Å². The van der Waals surface area contributed by atoms with E-state index < -0.39 is 0 Å². The summed E-state index contributed by atoms with van der Waals surface area (Å²) in [6.45, 7) is 3.34. The van der Waals surface area contributed by atoms with Crippen LogP contribution in [0.25, 0.3) is 10.4 Å². The number of rotatable bonds is 3. The molecule has 2 saturated heterocycles. The van der Waals surface area contributed by atoms with Crippen molar-refractivity contribution in [2.45, 2.75) is 18.9 Å². The van der Waals surface area contributed by atoms with Crippen molar-refractivity contribution < 1.29 is 4.79 Å². The lowest BCUT2D eigenvalue weighted by Gasteiger charge is -2.30. The van der Waals surface area contributed by atoms with Gasteiger partial charge in [0.2, 0.25) is 0 Å². The van der Waals surface area contributed by atoms with E-state index in [-0.39, 0.29) is 11.9 Å². The normalized spacial score (nSPS) is 26.2. The molecule has 23 heavy (non-hydrogen) atoms. The molecule has 120 valence electrons. The molecule has 6 heteroatoms. The Morgan fingerprint density at radius 3 is 3.13 bits per heavy atom. The maximum atomic E-state index is 12.5. The molecule has 3 atom stereocenters. The van der Waals surface area contributed by atoms with Gasteiger partial charge in [0, 0.05) is 30.4 Å². The molecule has 1 unspecified atom stereocenters. The lowest BCUT2D eigenvalue weighted by Crippen LogP contribution is -2.46. The molecule has 1 N–H and O–H groups in total. The summed E-state index contributed by atoms with van der Waals surface area (Å²) in [6.07, 6.45) is 4.11. The first-order chi connectivity index (χ1) is 11.2. The molecule has 2 fully saturated rings. The van der Waals surface area contributed by atoms with Crippen LogP contribution in [-0.4, -0.2) is 41.5 Å². The van der Waals surface area contributed by atoms with E-state index in [0.717, 1.165) is 29.3 Å². The highest BCUT2D eigenvalue weighted by atomic mass is 35.5. The summed E-state index contributed by atoms with van der Waals surface area (Å²) in [5, 5.41) is 4.36. The van der Waals surface area contributed by atoms with Gasteiger partial charge in [-0.1, -0.05) is 23.7 Å². The summed E-state index contributed by atoms with van der Waals surface area (Å²) in [5.74, 6) is 0.683. The number of amides is 1. The first kappa shape index (κ1) is 15.1. The lowest BCUT2D eigenvalue weighted by molar-refractivity contribution is 0.0909. The second-order valence-electron chi connectivity index (χ2n) is 6.36. The molecule has 3 heterocycles. The zero-order valence-electron chi connectivity index (χ0n) is 12.7. The Hall–Kier alpha value is -1.43. The standard InChI is InChI=1S/C17H18ClN3OS/c18-13-3-1-2-12(7-13)15-8-19-17(23-15)16(22)20-14-6-11-4-5-21(9-11)10-14/h1-3,7-8,11,14H,4-6,9-10H2,(H,20,22)/t11-,14+/m0/s1. The summed E-state index contributed by atoms with van der Waals surface area (Å²) < 4.78 is 0. The van der Waals surface area contributed by atoms with Crippen molar-refractivity contribution in [2.75, 3.05) is 19.6 Å². The molecule has 2 aliphatic rings. The number of carbonyl (C=O) groups excluding carboxylic acids is 1. The number of thiazole rings is 1. The molecule has 0 saturated carbocycles. The molecule has 4 rings (SSSR count). The van der Waals surface area contributed by atoms with Crippen molar-refractivity contribution >= 4 is 28.8 Å². The van der Waals surface area contributed by atoms with E-state index in [0.29, 0.717) is 10.0 Å². The first-order valence-electron chi connectivity index (χ1n) is 7.92. The summed E-state index contributed by atoms with van der Waals surface area (Å²) in [5.41, 5.74) is 0.996. The van der Waals surface area contributed by atoms with Crippen LogP contribution in [0.1, 0.15) is 22.6 Å². The third-order valence-electron chi connectivity index (χ3n) is 4.61. The van der Waals surface area contributed by atoms with E-state index in [9.17, 15) is 4.79 Å². The molecule has 2 aromatic rings. The number of halogens is 1. The number of benzene rings is 1. The predicted octanol–water partition coefficient (Wildman–Crippen LogP) is 3.29. The molecule has 2 aliphatic heterocycles. The van der Waals surface area contributed by atoms with Crippen LogP contribution in [0.3, 0.4) is 0 Å². The second kappa shape index (κ2) is 6.23. The summed E-state index contributed by atoms with van der Waals surface area (Å²) >= 11 is 7.44. The van der Waals surface area contributed by atoms with Crippen LogP contribution in [0.5, 0.6) is 0 Å². The van der Waals surface area contributed by atoms with Gasteiger partial charge in [-0.05, 0) is 43.0 Å². The fourth-order valence-corrected chi connectivity index (χ4v) is 4.57. The van der Waals surface area contributed by atoms with E-state index in [2.05, 4.69) is 15.2 Å². The Kier molecular flexibility index (Phi) is 4.09. The van der Waals surface area contributed by atoms with Gasteiger partial charge < -0.3 is 10.2 Å². The number of fused-ring (bicyclic) bond motifs is 2. The number of nitrogens with one attached hydrogen (secondary N) is 1. The minimum atomic E-state index is -0.0595. The number of nitrogens with zero attached hydrogens (tertiary/aromatic N) is 2. The van der Waals surface area contributed by atoms with Crippen LogP contribution in [-0.2, 0) is 0 Å². The predicted molar refractivity (Wildman–Crippen MR) is 93.0 cm³/mol. The molecule has 1 aromatic heterocycles. The monoisotopic (exact) mass is 347 g/mol. The van der Waals surface area contributed by atoms with Gasteiger partial charge in [-0.25, -0.2) is 4.98 Å². The Bertz CT molecular complexity index is 720. The molecule has 1 amide bonds. The van der Waals surface area contributed by atoms with Gasteiger partial charge >= 0.3 is 0 Å². The average Bonchev–Trinajstić information content (AvgIpc) is 3.14. The van der Waals surface area contributed by atoms with Crippen molar-refractivity contribution in [1.82, 2.24) is 15.2 Å². The van der Waals surface area contributed by atoms with Gasteiger partial charge in [0.25, 0.3) is 5.91 Å². The smallest absolute Gasteiger partial charge is 0.280 e. The van der Waals surface area contributed by atoms with E-state index in [4.69, 9.17) is 11.6 Å². The second-order valence-corrected chi connectivity index (χ2v) is 7.83. The van der Waals surface area contributed by atoms with Gasteiger partial charge in [-0.3, -0.25) is 4.79 Å². The largest absolute Gasteiger partial charge is 0.346 e. The Labute approximate surface area is 144 Å². The number of aromatic nitrogens is 1. The molecule has 0 radical (unpaired) electrons. The van der Waals surface area contributed by atoms with Crippen LogP contribution >= 0.6 is 22.9 Å². The van der Waals surface area contributed by atoms with Gasteiger partial charge in [0.15, 0.2) is 5.01 Å². The topological polar surface area (TPSA) is 45.2 Å². The number of piperidine rings is 1. The van der Waals surface area contributed by atoms with E-state index in [1.807, 2.05) is 24.3 Å². The third kappa shape index (κ3) is 3.27. The van der Waals surface area contributed by atoms with E-state index in [1.54, 1.807) is 6.20 Å². The Balaban J connectivity index is 1.45. The van der Waals surface area contributed by atoms with Crippen molar-refractivity contribution in [3.8, 4) is 10.4 Å². The number of carbonyl (C=O) groups is 1. The average molecular weight is 348 g/mol. The fourth-order valence-electron chi connectivity index (χ4n) is 3.57. The first-order valence-corrected chi connectivity index (χ1v) is 9.12. The van der Waals surface area contributed by atoms with Crippen molar-refractivity contribution in [2.24, 2.45) is 5.92 Å². The highest BCUT2D eigenvalue weighted by molar-refractivity contribution is 7.17. The van der Waals surface area contributed by atoms with Crippen molar-refractivity contribution in [3.05, 3.63) is 40.5 Å². The molecule has 0 spiro atoms. The zero-order chi connectivity index (χ0) is 15.8. The Morgan fingerprint density at radius 2 is 2.30 bits per heavy atom. The summed E-state index contributed by atoms with van der Waals surface area (Å²) in [7, 11) is 0. The van der Waals surface area contributed by atoms with Gasteiger partial charge in [0.1, 0.15) is 0 Å². The molecule has 4 nitrogen and oxygen atoms in total. The lowest BCUT2D eigenvalue weighted by atomic mass is 9.97. The summed E-state index contributed by atoms with van der Waals surface area (Å²) in [4.78, 5) is 20.1.